The number of likely N-dealkylation sites (tertiary alicyclic amines) is 1. The largest absolute Gasteiger partial charge is 0.438 e. The minimum atomic E-state index is -0.536. The molecule has 3 heterocycles. The second-order valence-corrected chi connectivity index (χ2v) is 7.65. The van der Waals surface area contributed by atoms with Gasteiger partial charge < -0.3 is 14.6 Å². The molecule has 8 nitrogen and oxygen atoms in total. The van der Waals surface area contributed by atoms with Crippen molar-refractivity contribution < 1.29 is 14.0 Å². The van der Waals surface area contributed by atoms with Gasteiger partial charge in [-0.05, 0) is 70.4 Å². The van der Waals surface area contributed by atoms with E-state index in [-0.39, 0.29) is 17.6 Å². The topological polar surface area (TPSA) is 93.3 Å². The summed E-state index contributed by atoms with van der Waals surface area (Å²) >= 11 is 0. The molecule has 1 aliphatic rings. The molecular weight excluding hydrogens is 382 g/mol. The zero-order valence-corrected chi connectivity index (χ0v) is 17.4. The van der Waals surface area contributed by atoms with Gasteiger partial charge in [-0.2, -0.15) is 5.10 Å². The van der Waals surface area contributed by atoms with Crippen molar-refractivity contribution in [3.63, 3.8) is 0 Å². The molecule has 0 unspecified atom stereocenters. The Morgan fingerprint density at radius 2 is 1.90 bits per heavy atom. The summed E-state index contributed by atoms with van der Waals surface area (Å²) in [5.41, 5.74) is 4.13. The summed E-state index contributed by atoms with van der Waals surface area (Å²) in [7, 11) is 0. The first kappa shape index (κ1) is 19.9. The normalized spacial score (nSPS) is 16.5. The van der Waals surface area contributed by atoms with Crippen LogP contribution in [0.3, 0.4) is 0 Å². The summed E-state index contributed by atoms with van der Waals surface area (Å²) < 4.78 is 7.11. The van der Waals surface area contributed by atoms with Crippen LogP contribution in [0.2, 0.25) is 0 Å². The molecule has 1 aliphatic heterocycles. The van der Waals surface area contributed by atoms with Crippen molar-refractivity contribution in [2.24, 2.45) is 0 Å². The first-order chi connectivity index (χ1) is 14.4. The van der Waals surface area contributed by atoms with Crippen molar-refractivity contribution in [2.45, 2.75) is 46.1 Å². The smallest absolute Gasteiger partial charge is 0.292 e. The minimum Gasteiger partial charge on any atom is -0.438 e. The molecule has 0 saturated carbocycles. The Kier molecular flexibility index (Phi) is 5.39. The van der Waals surface area contributed by atoms with Crippen LogP contribution in [0.5, 0.6) is 0 Å². The predicted octanol–water partition coefficient (Wildman–Crippen LogP) is 3.42. The molecule has 2 amide bonds. The number of nitrogens with one attached hydrogen (secondary N) is 1. The highest BCUT2D eigenvalue weighted by Crippen LogP contribution is 2.23. The van der Waals surface area contributed by atoms with Gasteiger partial charge in [0.15, 0.2) is 6.39 Å². The maximum atomic E-state index is 13.0. The Labute approximate surface area is 174 Å². The van der Waals surface area contributed by atoms with Crippen molar-refractivity contribution in [1.29, 1.82) is 0 Å². The molecule has 4 rings (SSSR count). The zero-order valence-electron chi connectivity index (χ0n) is 17.4. The van der Waals surface area contributed by atoms with Crippen LogP contribution in [-0.4, -0.2) is 44.1 Å². The predicted molar refractivity (Wildman–Crippen MR) is 112 cm³/mol. The summed E-state index contributed by atoms with van der Waals surface area (Å²) in [4.78, 5) is 31.5. The lowest BCUT2D eigenvalue weighted by atomic mass is 10.0. The summed E-state index contributed by atoms with van der Waals surface area (Å²) in [5, 5.41) is 7.42. The highest BCUT2D eigenvalue weighted by molar-refractivity contribution is 6.00. The Bertz CT molecular complexity index is 1070. The molecule has 1 atom stereocenters. The van der Waals surface area contributed by atoms with E-state index in [9.17, 15) is 9.59 Å². The summed E-state index contributed by atoms with van der Waals surface area (Å²) in [6.07, 6.45) is 3.63. The molecule has 0 aliphatic carbocycles. The van der Waals surface area contributed by atoms with Crippen molar-refractivity contribution in [3.8, 4) is 5.69 Å². The van der Waals surface area contributed by atoms with Crippen LogP contribution in [0.1, 0.15) is 46.9 Å². The van der Waals surface area contributed by atoms with Crippen molar-refractivity contribution in [1.82, 2.24) is 19.7 Å². The number of benzene rings is 1. The second kappa shape index (κ2) is 8.14. The number of rotatable bonds is 4. The SMILES string of the molecule is Cc1cc(C)n(-c2ccc(NC(=O)[C@@H]3CCCCN3C(=O)c3ocnc3C)cc2)n1. The first-order valence-electron chi connectivity index (χ1n) is 10.1. The number of anilines is 1. The van der Waals surface area contributed by atoms with Gasteiger partial charge >= 0.3 is 0 Å². The van der Waals surface area contributed by atoms with Crippen LogP contribution in [0.15, 0.2) is 41.1 Å². The van der Waals surface area contributed by atoms with Gasteiger partial charge in [-0.25, -0.2) is 9.67 Å². The quantitative estimate of drug-likeness (QED) is 0.715. The van der Waals surface area contributed by atoms with Crippen LogP contribution in [0.4, 0.5) is 5.69 Å². The summed E-state index contributed by atoms with van der Waals surface area (Å²) in [5.74, 6) is -0.284. The van der Waals surface area contributed by atoms with Crippen molar-refractivity contribution in [3.05, 3.63) is 59.6 Å². The molecule has 0 radical (unpaired) electrons. The lowest BCUT2D eigenvalue weighted by Gasteiger charge is -2.34. The minimum absolute atomic E-state index is 0.195. The Hall–Kier alpha value is -3.42. The number of aromatic nitrogens is 3. The Morgan fingerprint density at radius 3 is 2.53 bits per heavy atom. The highest BCUT2D eigenvalue weighted by Gasteiger charge is 2.34. The molecule has 3 aromatic rings. The van der Waals surface area contributed by atoms with Crippen LogP contribution in [0, 0.1) is 20.8 Å². The monoisotopic (exact) mass is 407 g/mol. The lowest BCUT2D eigenvalue weighted by Crippen LogP contribution is -2.50. The number of nitrogens with zero attached hydrogens (tertiary/aromatic N) is 4. The second-order valence-electron chi connectivity index (χ2n) is 7.65. The van der Waals surface area contributed by atoms with Crippen molar-refractivity contribution in [2.75, 3.05) is 11.9 Å². The fourth-order valence-electron chi connectivity index (χ4n) is 3.89. The highest BCUT2D eigenvalue weighted by atomic mass is 16.3. The Morgan fingerprint density at radius 1 is 1.13 bits per heavy atom. The molecule has 8 heteroatoms. The molecule has 0 bridgehead atoms. The molecule has 156 valence electrons. The first-order valence-corrected chi connectivity index (χ1v) is 10.1. The van der Waals surface area contributed by atoms with E-state index in [4.69, 9.17) is 4.42 Å². The number of carbonyl (C=O) groups is 2. The van der Waals surface area contributed by atoms with E-state index in [0.29, 0.717) is 24.3 Å². The van der Waals surface area contributed by atoms with Gasteiger partial charge in [0, 0.05) is 17.9 Å². The van der Waals surface area contributed by atoms with Gasteiger partial charge in [-0.3, -0.25) is 9.59 Å². The van der Waals surface area contributed by atoms with E-state index in [2.05, 4.69) is 15.4 Å². The molecule has 0 spiro atoms. The lowest BCUT2D eigenvalue weighted by molar-refractivity contribution is -0.121. The molecule has 2 aromatic heterocycles. The average Bonchev–Trinajstić information content (AvgIpc) is 3.32. The van der Waals surface area contributed by atoms with E-state index in [1.165, 1.54) is 6.39 Å². The molecule has 1 aromatic carbocycles. The average molecular weight is 407 g/mol. The van der Waals surface area contributed by atoms with Crippen LogP contribution in [-0.2, 0) is 4.79 Å². The van der Waals surface area contributed by atoms with E-state index in [1.54, 1.807) is 11.8 Å². The number of oxazole rings is 1. The van der Waals surface area contributed by atoms with Crippen LogP contribution >= 0.6 is 0 Å². The van der Waals surface area contributed by atoms with E-state index in [0.717, 1.165) is 29.9 Å². The molecule has 30 heavy (non-hydrogen) atoms. The van der Waals surface area contributed by atoms with E-state index >= 15 is 0 Å². The van der Waals surface area contributed by atoms with Gasteiger partial charge in [0.25, 0.3) is 5.91 Å². The molecular formula is C22H25N5O3. The van der Waals surface area contributed by atoms with Crippen molar-refractivity contribution >= 4 is 17.5 Å². The number of hydrogen-bond donors (Lipinski definition) is 1. The zero-order chi connectivity index (χ0) is 21.3. The maximum Gasteiger partial charge on any atom is 0.292 e. The standard InChI is InChI=1S/C22H25N5O3/c1-14-12-15(2)27(25-14)18-9-7-17(8-10-18)24-21(28)19-6-4-5-11-26(19)22(29)20-16(3)23-13-30-20/h7-10,12-13,19H,4-6,11H2,1-3H3,(H,24,28)/t19-/m0/s1. The third-order valence-corrected chi connectivity index (χ3v) is 5.40. The summed E-state index contributed by atoms with van der Waals surface area (Å²) in [6.45, 7) is 6.20. The van der Waals surface area contributed by atoms with Crippen LogP contribution < -0.4 is 5.32 Å². The molecule has 1 saturated heterocycles. The third-order valence-electron chi connectivity index (χ3n) is 5.40. The summed E-state index contributed by atoms with van der Waals surface area (Å²) in [6, 6.07) is 9.00. The van der Waals surface area contributed by atoms with Gasteiger partial charge in [0.05, 0.1) is 17.1 Å². The number of aryl methyl sites for hydroxylation is 3. The molecule has 1 N–H and O–H groups in total. The Balaban J connectivity index is 1.48. The fourth-order valence-corrected chi connectivity index (χ4v) is 3.89. The van der Waals surface area contributed by atoms with Crippen LogP contribution in [0.25, 0.3) is 5.69 Å². The van der Waals surface area contributed by atoms with E-state index < -0.39 is 6.04 Å². The number of amides is 2. The molecule has 1 fully saturated rings. The number of hydrogen-bond acceptors (Lipinski definition) is 5. The van der Waals surface area contributed by atoms with Gasteiger partial charge in [-0.1, -0.05) is 0 Å². The maximum absolute atomic E-state index is 13.0. The number of piperidine rings is 1. The third kappa shape index (κ3) is 3.85. The van der Waals surface area contributed by atoms with E-state index in [1.807, 2.05) is 48.9 Å². The number of carbonyl (C=O) groups excluding carboxylic acids is 2. The van der Waals surface area contributed by atoms with Gasteiger partial charge in [0.2, 0.25) is 11.7 Å². The van der Waals surface area contributed by atoms with Gasteiger partial charge in [0.1, 0.15) is 6.04 Å². The fraction of sp³-hybridized carbons (Fsp3) is 0.364. The van der Waals surface area contributed by atoms with Gasteiger partial charge in [-0.15, -0.1) is 0 Å².